The molecule has 0 spiro atoms. The average Bonchev–Trinajstić information content (AvgIpc) is 2.68. The molecule has 0 unspecified atom stereocenters. The number of allylic oxidation sites excluding steroid dienone is 1. The lowest BCUT2D eigenvalue weighted by molar-refractivity contribution is -0.146. The number of carboxylic acids is 1. The van der Waals surface area contributed by atoms with E-state index >= 15 is 0 Å². The average molecular weight is 451 g/mol. The van der Waals surface area contributed by atoms with Gasteiger partial charge in [0.1, 0.15) is 5.75 Å². The summed E-state index contributed by atoms with van der Waals surface area (Å²) in [7, 11) is 0. The van der Waals surface area contributed by atoms with E-state index in [1.165, 1.54) is 32.3 Å². The van der Waals surface area contributed by atoms with Crippen LogP contribution >= 0.6 is 23.2 Å². The van der Waals surface area contributed by atoms with Crippen molar-refractivity contribution in [2.24, 2.45) is 5.41 Å². The number of anilines is 1. The van der Waals surface area contributed by atoms with Gasteiger partial charge in [-0.3, -0.25) is 9.59 Å². The van der Waals surface area contributed by atoms with Gasteiger partial charge >= 0.3 is 5.97 Å². The van der Waals surface area contributed by atoms with Crippen LogP contribution in [-0.2, 0) is 4.79 Å². The third-order valence-corrected chi connectivity index (χ3v) is 4.70. The van der Waals surface area contributed by atoms with Gasteiger partial charge in [0.05, 0.1) is 16.1 Å². The summed E-state index contributed by atoms with van der Waals surface area (Å²) in [4.78, 5) is 27.3. The van der Waals surface area contributed by atoms with Crippen molar-refractivity contribution < 1.29 is 19.8 Å². The molecule has 0 saturated heterocycles. The van der Waals surface area contributed by atoms with Crippen LogP contribution in [0, 0.1) is 10.8 Å². The number of pyridine rings is 1. The van der Waals surface area contributed by atoms with Crippen LogP contribution in [0.3, 0.4) is 0 Å². The van der Waals surface area contributed by atoms with Gasteiger partial charge in [0.15, 0.2) is 5.69 Å². The summed E-state index contributed by atoms with van der Waals surface area (Å²) in [5.41, 5.74) is -0.117. The molecule has 158 valence electrons. The number of aromatic hydroxyl groups is 1. The molecule has 0 bridgehead atoms. The van der Waals surface area contributed by atoms with Gasteiger partial charge in [-0.05, 0) is 38.1 Å². The minimum absolute atomic E-state index is 0.137. The molecule has 1 amide bonds. The number of aromatic nitrogens is 1. The second-order valence-corrected chi connectivity index (χ2v) is 7.82. The maximum Gasteiger partial charge on any atom is 0.310 e. The van der Waals surface area contributed by atoms with Gasteiger partial charge in [0.2, 0.25) is 0 Å². The number of hydrogen-bond acceptors (Lipinski definition) is 6. The van der Waals surface area contributed by atoms with Crippen LogP contribution < -0.4 is 10.6 Å². The first-order valence-corrected chi connectivity index (χ1v) is 9.44. The molecule has 0 aliphatic carbocycles. The smallest absolute Gasteiger partial charge is 0.310 e. The highest BCUT2D eigenvalue weighted by Gasteiger charge is 2.28. The van der Waals surface area contributed by atoms with Crippen molar-refractivity contribution in [3.05, 3.63) is 58.0 Å². The fourth-order valence-corrected chi connectivity index (χ4v) is 2.68. The third kappa shape index (κ3) is 5.71. The summed E-state index contributed by atoms with van der Waals surface area (Å²) in [6.07, 6.45) is 3.86. The Balaban J connectivity index is 2.18. The molecule has 2 aromatic rings. The van der Waals surface area contributed by atoms with E-state index in [1.54, 1.807) is 18.2 Å². The van der Waals surface area contributed by atoms with E-state index in [4.69, 9.17) is 33.7 Å². The molecule has 2 rings (SSSR count). The number of amides is 1. The first-order chi connectivity index (χ1) is 14.0. The van der Waals surface area contributed by atoms with E-state index < -0.39 is 23.0 Å². The number of carbonyl (C=O) groups is 2. The fraction of sp³-hybridized carbons (Fsp3) is 0.200. The number of rotatable bonds is 8. The quantitative estimate of drug-likeness (QED) is 0.385. The van der Waals surface area contributed by atoms with Gasteiger partial charge in [-0.1, -0.05) is 23.2 Å². The van der Waals surface area contributed by atoms with Crippen molar-refractivity contribution in [3.8, 4) is 5.75 Å². The van der Waals surface area contributed by atoms with Crippen molar-refractivity contribution >= 4 is 52.6 Å². The van der Waals surface area contributed by atoms with Gasteiger partial charge < -0.3 is 26.3 Å². The minimum atomic E-state index is -1.17. The van der Waals surface area contributed by atoms with E-state index in [2.05, 4.69) is 15.6 Å². The standard InChI is InChI=1S/C20H20Cl2N4O4/c1-20(2,19(29)30)10-26-18(28)17-16(27)5-11(8-25-17)12(7-23)9-24-15-4-3-13(21)6-14(15)22/h3-9,23-24,27H,10H2,1-2H3,(H,26,28)(H,29,30)/b12-9+,23-7?. The summed E-state index contributed by atoms with van der Waals surface area (Å²) in [5.74, 6) is -2.18. The Morgan fingerprint density at radius 3 is 2.53 bits per heavy atom. The SMILES string of the molecule is CC(C)(CNC(=O)c1ncc(/C(C=N)=C/Nc2ccc(Cl)cc2Cl)cc1O)C(=O)O. The molecule has 0 radical (unpaired) electrons. The van der Waals surface area contributed by atoms with E-state index in [1.807, 2.05) is 0 Å². The van der Waals surface area contributed by atoms with Crippen molar-refractivity contribution in [1.82, 2.24) is 10.3 Å². The van der Waals surface area contributed by atoms with Crippen LogP contribution in [0.4, 0.5) is 5.69 Å². The lowest BCUT2D eigenvalue weighted by Crippen LogP contribution is -2.39. The molecule has 0 saturated carbocycles. The molecule has 1 aromatic heterocycles. The zero-order chi connectivity index (χ0) is 22.5. The van der Waals surface area contributed by atoms with Crippen LogP contribution in [0.25, 0.3) is 5.57 Å². The minimum Gasteiger partial charge on any atom is -0.505 e. The summed E-state index contributed by atoms with van der Waals surface area (Å²) < 4.78 is 0. The molecule has 1 aromatic carbocycles. The van der Waals surface area contributed by atoms with Crippen molar-refractivity contribution in [2.45, 2.75) is 13.8 Å². The molecule has 8 nitrogen and oxygen atoms in total. The van der Waals surface area contributed by atoms with Crippen LogP contribution in [0.5, 0.6) is 5.75 Å². The molecule has 0 atom stereocenters. The number of benzene rings is 1. The highest BCUT2D eigenvalue weighted by molar-refractivity contribution is 6.36. The lowest BCUT2D eigenvalue weighted by atomic mass is 9.94. The van der Waals surface area contributed by atoms with Gasteiger partial charge in [-0.15, -0.1) is 0 Å². The summed E-state index contributed by atoms with van der Waals surface area (Å²) >= 11 is 12.0. The van der Waals surface area contributed by atoms with Gasteiger partial charge in [0.25, 0.3) is 5.91 Å². The number of nitrogens with one attached hydrogen (secondary N) is 3. The number of carbonyl (C=O) groups excluding carboxylic acids is 1. The van der Waals surface area contributed by atoms with Crippen molar-refractivity contribution in [2.75, 3.05) is 11.9 Å². The molecule has 1 heterocycles. The Bertz CT molecular complexity index is 1020. The second kappa shape index (κ2) is 9.60. The highest BCUT2D eigenvalue weighted by Crippen LogP contribution is 2.26. The Hall–Kier alpha value is -3.10. The maximum absolute atomic E-state index is 12.2. The summed E-state index contributed by atoms with van der Waals surface area (Å²) in [6.45, 7) is 2.79. The van der Waals surface area contributed by atoms with E-state index in [9.17, 15) is 14.7 Å². The van der Waals surface area contributed by atoms with Crippen LogP contribution in [0.15, 0.2) is 36.7 Å². The first-order valence-electron chi connectivity index (χ1n) is 8.68. The Kier molecular flexibility index (Phi) is 7.42. The molecular formula is C20H20Cl2N4O4. The zero-order valence-corrected chi connectivity index (χ0v) is 17.7. The Morgan fingerprint density at radius 2 is 1.97 bits per heavy atom. The lowest BCUT2D eigenvalue weighted by Gasteiger charge is -2.19. The summed E-state index contributed by atoms with van der Waals surface area (Å²) in [5, 5.41) is 33.2. The molecule has 0 fully saturated rings. The zero-order valence-electron chi connectivity index (χ0n) is 16.2. The number of hydrogen-bond donors (Lipinski definition) is 5. The molecule has 0 aliphatic heterocycles. The van der Waals surface area contributed by atoms with Gasteiger partial charge in [0, 0.05) is 41.3 Å². The normalized spacial score (nSPS) is 11.7. The van der Waals surface area contributed by atoms with Crippen molar-refractivity contribution in [3.63, 3.8) is 0 Å². The summed E-state index contributed by atoms with van der Waals surface area (Å²) in [6, 6.07) is 6.17. The Morgan fingerprint density at radius 1 is 1.27 bits per heavy atom. The highest BCUT2D eigenvalue weighted by atomic mass is 35.5. The van der Waals surface area contributed by atoms with Gasteiger partial charge in [-0.25, -0.2) is 4.98 Å². The molecular weight excluding hydrogens is 431 g/mol. The number of aliphatic carboxylic acids is 1. The monoisotopic (exact) mass is 450 g/mol. The Labute approximate surface area is 183 Å². The topological polar surface area (TPSA) is 135 Å². The first kappa shape index (κ1) is 23.2. The fourth-order valence-electron chi connectivity index (χ4n) is 2.22. The second-order valence-electron chi connectivity index (χ2n) is 6.98. The largest absolute Gasteiger partial charge is 0.505 e. The van der Waals surface area contributed by atoms with Gasteiger partial charge in [-0.2, -0.15) is 0 Å². The van der Waals surface area contributed by atoms with E-state index in [0.29, 0.717) is 26.9 Å². The van der Waals surface area contributed by atoms with Crippen LogP contribution in [-0.4, -0.2) is 39.8 Å². The van der Waals surface area contributed by atoms with Crippen LogP contribution in [0.2, 0.25) is 10.0 Å². The third-order valence-electron chi connectivity index (χ3n) is 4.16. The van der Waals surface area contributed by atoms with E-state index in [0.717, 1.165) is 6.21 Å². The number of halogens is 2. The number of nitrogens with zero attached hydrogens (tertiary/aromatic N) is 1. The molecule has 10 heteroatoms. The maximum atomic E-state index is 12.2. The van der Waals surface area contributed by atoms with E-state index in [-0.39, 0.29) is 12.2 Å². The molecule has 0 aliphatic rings. The molecule has 30 heavy (non-hydrogen) atoms. The predicted octanol–water partition coefficient (Wildman–Crippen LogP) is 4.04. The number of carboxylic acid groups (broad SMARTS) is 1. The molecule has 5 N–H and O–H groups in total. The van der Waals surface area contributed by atoms with Crippen LogP contribution in [0.1, 0.15) is 29.9 Å². The van der Waals surface area contributed by atoms with Crippen molar-refractivity contribution in [1.29, 1.82) is 5.41 Å². The predicted molar refractivity (Wildman–Crippen MR) is 116 cm³/mol.